The predicted molar refractivity (Wildman–Crippen MR) is 30.7 cm³/mol. The summed E-state index contributed by atoms with van der Waals surface area (Å²) in [5.74, 6) is 0. The average molecular weight is 130 g/mol. The molecular weight excluding hydrogens is 124 g/mol. The van der Waals surface area contributed by atoms with Crippen LogP contribution in [0, 0.1) is 0 Å². The first kappa shape index (κ1) is 5.55. The molecule has 0 aliphatic heterocycles. The van der Waals surface area contributed by atoms with Crippen LogP contribution in [0.2, 0.25) is 0 Å². The van der Waals surface area contributed by atoms with Gasteiger partial charge in [0.05, 0.1) is 6.54 Å². The second-order valence-corrected chi connectivity index (χ2v) is 1.68. The number of hydrogen-bond acceptors (Lipinski definition) is 4. The molecule has 0 aliphatic rings. The largest absolute Gasteiger partial charge is 0.228 e. The summed E-state index contributed by atoms with van der Waals surface area (Å²) < 4.78 is 0. The van der Waals surface area contributed by atoms with Gasteiger partial charge in [0.1, 0.15) is 0 Å². The van der Waals surface area contributed by atoms with Crippen LogP contribution in [0.4, 0.5) is 0 Å². The Balaban J connectivity index is 2.84. The number of aromatic nitrogens is 4. The van der Waals surface area contributed by atoms with E-state index in [-0.39, 0.29) is 0 Å². The molecule has 8 heavy (non-hydrogen) atoms. The first-order chi connectivity index (χ1) is 3.83. The van der Waals surface area contributed by atoms with Gasteiger partial charge >= 0.3 is 0 Å². The highest BCUT2D eigenvalue weighted by Gasteiger charge is 1.90. The Labute approximate surface area is 52.3 Å². The molecule has 0 saturated carbocycles. The number of aryl methyl sites for hydroxylation is 1. The highest BCUT2D eigenvalue weighted by molar-refractivity contribution is 7.80. The minimum absolute atomic E-state index is 0.423. The zero-order valence-corrected chi connectivity index (χ0v) is 5.34. The van der Waals surface area contributed by atoms with Gasteiger partial charge in [0.2, 0.25) is 5.16 Å². The van der Waals surface area contributed by atoms with Gasteiger partial charge in [-0.1, -0.05) is 12.6 Å². The van der Waals surface area contributed by atoms with Gasteiger partial charge in [-0.3, -0.25) is 0 Å². The van der Waals surface area contributed by atoms with E-state index < -0.39 is 0 Å². The molecule has 5 heteroatoms. The van der Waals surface area contributed by atoms with Gasteiger partial charge < -0.3 is 0 Å². The number of nitrogens with zero attached hydrogens (tertiary/aromatic N) is 4. The van der Waals surface area contributed by atoms with Crippen LogP contribution in [0.15, 0.2) is 5.16 Å². The van der Waals surface area contributed by atoms with Crippen LogP contribution in [0.1, 0.15) is 6.92 Å². The molecule has 1 aromatic heterocycles. The van der Waals surface area contributed by atoms with Crippen molar-refractivity contribution >= 4 is 12.6 Å². The predicted octanol–water partition coefficient (Wildman–Crippen LogP) is -0.0183. The van der Waals surface area contributed by atoms with Crippen LogP contribution < -0.4 is 0 Å². The van der Waals surface area contributed by atoms with Crippen molar-refractivity contribution in [3.8, 4) is 0 Å². The summed E-state index contributed by atoms with van der Waals surface area (Å²) in [5, 5.41) is 11.4. The van der Waals surface area contributed by atoms with Crippen molar-refractivity contribution in [3.63, 3.8) is 0 Å². The zero-order chi connectivity index (χ0) is 5.98. The third-order valence-electron chi connectivity index (χ3n) is 0.725. The second kappa shape index (κ2) is 2.13. The number of thiol groups is 1. The molecule has 0 spiro atoms. The summed E-state index contributed by atoms with van der Waals surface area (Å²) in [6.45, 7) is 2.68. The number of hydrogen-bond donors (Lipinski definition) is 1. The summed E-state index contributed by atoms with van der Waals surface area (Å²) in [6, 6.07) is 0. The van der Waals surface area contributed by atoms with E-state index >= 15 is 0 Å². The monoisotopic (exact) mass is 130 g/mol. The fourth-order valence-corrected chi connectivity index (χ4v) is 0.512. The summed E-state index contributed by atoms with van der Waals surface area (Å²) >= 11 is 3.85. The van der Waals surface area contributed by atoms with E-state index in [1.54, 1.807) is 0 Å². The normalized spacial score (nSPS) is 9.75. The molecule has 1 aromatic rings. The Morgan fingerprint density at radius 2 is 2.50 bits per heavy atom. The van der Waals surface area contributed by atoms with Gasteiger partial charge in [-0.05, 0) is 12.1 Å². The first-order valence-corrected chi connectivity index (χ1v) is 2.74. The van der Waals surface area contributed by atoms with Crippen LogP contribution in [-0.2, 0) is 6.54 Å². The molecular formula is C3H6N4S. The second-order valence-electron chi connectivity index (χ2n) is 1.28. The molecule has 0 bridgehead atoms. The van der Waals surface area contributed by atoms with Gasteiger partial charge in [0.15, 0.2) is 0 Å². The van der Waals surface area contributed by atoms with Crippen molar-refractivity contribution in [1.82, 2.24) is 20.2 Å². The van der Waals surface area contributed by atoms with E-state index in [1.807, 2.05) is 6.92 Å². The molecule has 0 saturated heterocycles. The molecule has 0 unspecified atom stereocenters. The molecule has 0 atom stereocenters. The van der Waals surface area contributed by atoms with Crippen LogP contribution in [-0.4, -0.2) is 20.2 Å². The van der Waals surface area contributed by atoms with Gasteiger partial charge in [-0.25, -0.2) is 0 Å². The molecule has 1 rings (SSSR count). The topological polar surface area (TPSA) is 43.6 Å². The molecule has 0 radical (unpaired) electrons. The fraction of sp³-hybridized carbons (Fsp3) is 0.667. The lowest BCUT2D eigenvalue weighted by Gasteiger charge is -1.83. The highest BCUT2D eigenvalue weighted by Crippen LogP contribution is 1.89. The lowest BCUT2D eigenvalue weighted by Crippen LogP contribution is -1.97. The SMILES string of the molecule is CCn1nnc(S)n1. The van der Waals surface area contributed by atoms with Crippen LogP contribution >= 0.6 is 12.6 Å². The summed E-state index contributed by atoms with van der Waals surface area (Å²) in [7, 11) is 0. The van der Waals surface area contributed by atoms with Crippen molar-refractivity contribution in [2.75, 3.05) is 0 Å². The Morgan fingerprint density at radius 1 is 1.75 bits per heavy atom. The number of tetrazole rings is 1. The van der Waals surface area contributed by atoms with Crippen LogP contribution in [0.25, 0.3) is 0 Å². The van der Waals surface area contributed by atoms with E-state index in [0.717, 1.165) is 6.54 Å². The molecule has 0 aliphatic carbocycles. The molecule has 44 valence electrons. The zero-order valence-electron chi connectivity index (χ0n) is 4.44. The van der Waals surface area contributed by atoms with Crippen molar-refractivity contribution in [1.29, 1.82) is 0 Å². The average Bonchev–Trinajstić information content (AvgIpc) is 2.14. The Bertz CT molecular complexity index is 172. The van der Waals surface area contributed by atoms with E-state index in [0.29, 0.717) is 5.16 Å². The van der Waals surface area contributed by atoms with Crippen molar-refractivity contribution in [2.24, 2.45) is 0 Å². The summed E-state index contributed by atoms with van der Waals surface area (Å²) in [6.07, 6.45) is 0. The maximum Gasteiger partial charge on any atom is 0.228 e. The van der Waals surface area contributed by atoms with E-state index in [1.165, 1.54) is 4.80 Å². The standard InChI is InChI=1S/C3H6N4S/c1-2-7-5-3(8)4-6-7/h2H2,1H3,(H,5,8). The number of rotatable bonds is 1. The van der Waals surface area contributed by atoms with E-state index in [2.05, 4.69) is 28.0 Å². The minimum atomic E-state index is 0.423. The molecule has 0 aromatic carbocycles. The highest BCUT2D eigenvalue weighted by atomic mass is 32.1. The third kappa shape index (κ3) is 0.975. The van der Waals surface area contributed by atoms with Crippen molar-refractivity contribution in [3.05, 3.63) is 0 Å². The third-order valence-corrected chi connectivity index (χ3v) is 0.904. The van der Waals surface area contributed by atoms with Crippen molar-refractivity contribution < 1.29 is 0 Å². The van der Waals surface area contributed by atoms with E-state index in [4.69, 9.17) is 0 Å². The Morgan fingerprint density at radius 3 is 2.75 bits per heavy atom. The fourth-order valence-electron chi connectivity index (χ4n) is 0.369. The Kier molecular flexibility index (Phi) is 1.48. The van der Waals surface area contributed by atoms with Gasteiger partial charge in [0, 0.05) is 0 Å². The maximum absolute atomic E-state index is 3.85. The van der Waals surface area contributed by atoms with Gasteiger partial charge in [-0.2, -0.15) is 4.80 Å². The quantitative estimate of drug-likeness (QED) is 0.543. The molecule has 0 amide bonds. The lowest BCUT2D eigenvalue weighted by molar-refractivity contribution is 0.549. The van der Waals surface area contributed by atoms with Gasteiger partial charge in [0.25, 0.3) is 0 Å². The van der Waals surface area contributed by atoms with Crippen molar-refractivity contribution in [2.45, 2.75) is 18.6 Å². The van der Waals surface area contributed by atoms with E-state index in [9.17, 15) is 0 Å². The smallest absolute Gasteiger partial charge is 0.164 e. The summed E-state index contributed by atoms with van der Waals surface area (Å²) in [5.41, 5.74) is 0. The van der Waals surface area contributed by atoms with Crippen LogP contribution in [0.3, 0.4) is 0 Å². The lowest BCUT2D eigenvalue weighted by atomic mass is 10.8. The molecule has 0 fully saturated rings. The molecule has 4 nitrogen and oxygen atoms in total. The maximum atomic E-state index is 3.85. The Hall–Kier alpha value is -0.580. The van der Waals surface area contributed by atoms with Gasteiger partial charge in [-0.15, -0.1) is 10.2 Å². The summed E-state index contributed by atoms with van der Waals surface area (Å²) in [4.78, 5) is 1.47. The minimum Gasteiger partial charge on any atom is -0.164 e. The first-order valence-electron chi connectivity index (χ1n) is 2.29. The van der Waals surface area contributed by atoms with Crippen LogP contribution in [0.5, 0.6) is 0 Å². The molecule has 0 N–H and O–H groups in total. The molecule has 1 heterocycles.